The number of halogens is 1. The highest BCUT2D eigenvalue weighted by Gasteiger charge is 2.33. The van der Waals surface area contributed by atoms with Gasteiger partial charge in [0.15, 0.2) is 0 Å². The Bertz CT molecular complexity index is 890. The number of nitro groups is 1. The minimum absolute atomic E-state index is 0.0129. The van der Waals surface area contributed by atoms with E-state index in [4.69, 9.17) is 14.2 Å². The van der Waals surface area contributed by atoms with E-state index >= 15 is 0 Å². The largest absolute Gasteiger partial charge is 0.495 e. The second-order valence-corrected chi connectivity index (χ2v) is 5.82. The van der Waals surface area contributed by atoms with Crippen molar-refractivity contribution in [3.8, 4) is 5.75 Å². The first-order chi connectivity index (χ1) is 12.9. The van der Waals surface area contributed by atoms with Gasteiger partial charge >= 0.3 is 11.9 Å². The predicted molar refractivity (Wildman–Crippen MR) is 99.2 cm³/mol. The first kappa shape index (κ1) is 20.2. The second-order valence-electron chi connectivity index (χ2n) is 5.02. The van der Waals surface area contributed by atoms with E-state index in [0.717, 1.165) is 14.2 Å². The zero-order valence-electron chi connectivity index (χ0n) is 14.6. The van der Waals surface area contributed by atoms with Gasteiger partial charge in [-0.15, -0.1) is 0 Å². The average Bonchev–Trinajstić information content (AvgIpc) is 2.89. The van der Waals surface area contributed by atoms with E-state index < -0.39 is 16.9 Å². The molecule has 0 saturated carbocycles. The Kier molecular flexibility index (Phi) is 6.35. The molecule has 0 N–H and O–H groups in total. The minimum atomic E-state index is -0.879. The summed E-state index contributed by atoms with van der Waals surface area (Å²) >= 11 is 3.28. The summed E-state index contributed by atoms with van der Waals surface area (Å²) in [7, 11) is 3.69. The Morgan fingerprint density at radius 1 is 1.11 bits per heavy atom. The van der Waals surface area contributed by atoms with Crippen LogP contribution >= 0.6 is 15.9 Å². The van der Waals surface area contributed by atoms with Crippen LogP contribution in [-0.2, 0) is 19.1 Å². The molecule has 1 aromatic rings. The summed E-state index contributed by atoms with van der Waals surface area (Å²) < 4.78 is 14.9. The zero-order valence-corrected chi connectivity index (χ0v) is 16.2. The third kappa shape index (κ3) is 3.85. The minimum Gasteiger partial charge on any atom is -0.495 e. The van der Waals surface area contributed by atoms with Gasteiger partial charge in [0, 0.05) is 12.3 Å². The standard InChI is InChI=1S/C17H15BrN2O7/c1-25-12-8-7-11(20(23)24)15(13(12)18)19-9-5-4-6-10(16(21)26-2)14(19)17(22)27-3/h4-9H,1-3H3. The van der Waals surface area contributed by atoms with Gasteiger partial charge in [-0.05, 0) is 34.1 Å². The number of benzene rings is 1. The van der Waals surface area contributed by atoms with Crippen LogP contribution in [0.15, 0.2) is 52.3 Å². The number of ether oxygens (including phenoxy) is 3. The molecule has 0 spiro atoms. The molecule has 0 bridgehead atoms. The molecule has 1 aliphatic heterocycles. The number of carbonyl (C=O) groups excluding carboxylic acids is 2. The summed E-state index contributed by atoms with van der Waals surface area (Å²) in [5.74, 6) is -1.39. The molecule has 0 aliphatic carbocycles. The number of nitro benzene ring substituents is 1. The first-order valence-electron chi connectivity index (χ1n) is 7.43. The maximum Gasteiger partial charge on any atom is 0.355 e. The van der Waals surface area contributed by atoms with Crippen molar-refractivity contribution < 1.29 is 28.7 Å². The van der Waals surface area contributed by atoms with Gasteiger partial charge < -0.3 is 19.1 Å². The summed E-state index contributed by atoms with van der Waals surface area (Å²) in [6, 6.07) is 2.64. The van der Waals surface area contributed by atoms with Crippen molar-refractivity contribution in [2.24, 2.45) is 0 Å². The quantitative estimate of drug-likeness (QED) is 0.392. The van der Waals surface area contributed by atoms with E-state index in [-0.39, 0.29) is 27.1 Å². The average molecular weight is 439 g/mol. The molecular formula is C17H15BrN2O7. The zero-order chi connectivity index (χ0) is 20.1. The summed E-state index contributed by atoms with van der Waals surface area (Å²) in [5.41, 5.74) is -0.703. The Hall–Kier alpha value is -3.14. The van der Waals surface area contributed by atoms with Crippen LogP contribution in [0.5, 0.6) is 5.75 Å². The smallest absolute Gasteiger partial charge is 0.355 e. The topological polar surface area (TPSA) is 108 Å². The van der Waals surface area contributed by atoms with Crippen LogP contribution in [0, 0.1) is 10.1 Å². The number of methoxy groups -OCH3 is 3. The van der Waals surface area contributed by atoms with Crippen molar-refractivity contribution in [1.29, 1.82) is 0 Å². The number of hydrogen-bond acceptors (Lipinski definition) is 8. The van der Waals surface area contributed by atoms with Gasteiger partial charge in [-0.25, -0.2) is 9.59 Å². The number of hydrogen-bond donors (Lipinski definition) is 0. The molecule has 2 rings (SSSR count). The van der Waals surface area contributed by atoms with Crippen LogP contribution < -0.4 is 9.64 Å². The molecular weight excluding hydrogens is 424 g/mol. The molecule has 0 fully saturated rings. The van der Waals surface area contributed by atoms with Crippen LogP contribution in [0.2, 0.25) is 0 Å². The third-order valence-corrected chi connectivity index (χ3v) is 4.37. The van der Waals surface area contributed by atoms with Crippen LogP contribution in [0.3, 0.4) is 0 Å². The molecule has 0 saturated heterocycles. The molecule has 1 heterocycles. The van der Waals surface area contributed by atoms with Gasteiger partial charge in [0.2, 0.25) is 0 Å². The van der Waals surface area contributed by atoms with Crippen LogP contribution in [0.4, 0.5) is 11.4 Å². The van der Waals surface area contributed by atoms with Gasteiger partial charge in [-0.3, -0.25) is 10.1 Å². The summed E-state index contributed by atoms with van der Waals surface area (Å²) in [6.07, 6.45) is 5.75. The molecule has 1 aromatic carbocycles. The normalized spacial score (nSPS) is 13.3. The highest BCUT2D eigenvalue weighted by atomic mass is 79.9. The van der Waals surface area contributed by atoms with Gasteiger partial charge in [0.05, 0.1) is 36.3 Å². The highest BCUT2D eigenvalue weighted by Crippen LogP contribution is 2.44. The molecule has 0 atom stereocenters. The van der Waals surface area contributed by atoms with Crippen molar-refractivity contribution in [2.45, 2.75) is 0 Å². The highest BCUT2D eigenvalue weighted by molar-refractivity contribution is 9.10. The van der Waals surface area contributed by atoms with Crippen molar-refractivity contribution in [1.82, 2.24) is 0 Å². The number of anilines is 1. The van der Waals surface area contributed by atoms with Gasteiger partial charge in [-0.1, -0.05) is 6.08 Å². The van der Waals surface area contributed by atoms with Gasteiger partial charge in [-0.2, -0.15) is 0 Å². The maximum atomic E-state index is 12.5. The Morgan fingerprint density at radius 2 is 1.78 bits per heavy atom. The number of esters is 2. The Morgan fingerprint density at radius 3 is 2.33 bits per heavy atom. The summed E-state index contributed by atoms with van der Waals surface area (Å²) in [4.78, 5) is 36.8. The fourth-order valence-corrected chi connectivity index (χ4v) is 3.09. The molecule has 1 aliphatic rings. The van der Waals surface area contributed by atoms with E-state index in [1.807, 2.05) is 0 Å². The number of carbonyl (C=O) groups is 2. The van der Waals surface area contributed by atoms with Gasteiger partial charge in [0.25, 0.3) is 5.69 Å². The molecule has 142 valence electrons. The van der Waals surface area contributed by atoms with E-state index in [2.05, 4.69) is 15.9 Å². The molecule has 0 unspecified atom stereocenters. The molecule has 9 nitrogen and oxygen atoms in total. The lowest BCUT2D eigenvalue weighted by Crippen LogP contribution is -2.27. The van der Waals surface area contributed by atoms with Crippen molar-refractivity contribution in [3.63, 3.8) is 0 Å². The number of allylic oxidation sites excluding steroid dienone is 2. The van der Waals surface area contributed by atoms with Crippen molar-refractivity contribution in [2.75, 3.05) is 26.2 Å². The van der Waals surface area contributed by atoms with Crippen molar-refractivity contribution >= 4 is 39.2 Å². The summed E-state index contributed by atoms with van der Waals surface area (Å²) in [6.45, 7) is 0. The SMILES string of the molecule is COC(=O)C1=C(C(=O)OC)N(c2c([N+](=O)[O-])ccc(OC)c2Br)C=CC=C1. The van der Waals surface area contributed by atoms with Crippen LogP contribution in [0.25, 0.3) is 0 Å². The van der Waals surface area contributed by atoms with Crippen molar-refractivity contribution in [3.05, 3.63) is 62.4 Å². The lowest BCUT2D eigenvalue weighted by molar-refractivity contribution is -0.384. The molecule has 27 heavy (non-hydrogen) atoms. The van der Waals surface area contributed by atoms with Crippen LogP contribution in [-0.4, -0.2) is 38.2 Å². The number of nitrogens with zero attached hydrogens (tertiary/aromatic N) is 2. The molecule has 0 aromatic heterocycles. The molecule has 0 radical (unpaired) electrons. The van der Waals surface area contributed by atoms with E-state index in [1.54, 1.807) is 0 Å². The lowest BCUT2D eigenvalue weighted by atomic mass is 10.1. The predicted octanol–water partition coefficient (Wildman–Crippen LogP) is 2.86. The fourth-order valence-electron chi connectivity index (χ4n) is 2.41. The summed E-state index contributed by atoms with van der Waals surface area (Å²) in [5, 5.41) is 11.6. The Labute approximate surface area is 162 Å². The van der Waals surface area contributed by atoms with E-state index in [0.29, 0.717) is 5.75 Å². The second kappa shape index (κ2) is 8.49. The maximum absolute atomic E-state index is 12.5. The molecule has 0 amide bonds. The number of rotatable bonds is 5. The van der Waals surface area contributed by atoms with Gasteiger partial charge in [0.1, 0.15) is 17.1 Å². The first-order valence-corrected chi connectivity index (χ1v) is 8.22. The third-order valence-electron chi connectivity index (χ3n) is 3.61. The molecule has 10 heteroatoms. The fraction of sp³-hybridized carbons (Fsp3) is 0.176. The van der Waals surface area contributed by atoms with Crippen LogP contribution in [0.1, 0.15) is 0 Å². The lowest BCUT2D eigenvalue weighted by Gasteiger charge is -2.24. The van der Waals surface area contributed by atoms with E-state index in [9.17, 15) is 19.7 Å². The Balaban J connectivity index is 2.88. The van der Waals surface area contributed by atoms with E-state index in [1.165, 1.54) is 48.6 Å². The monoisotopic (exact) mass is 438 g/mol.